The number of fused-ring (bicyclic) bond motifs is 1. The Morgan fingerprint density at radius 1 is 0.773 bits per heavy atom. The van der Waals surface area contributed by atoms with Gasteiger partial charge in [-0.1, -0.05) is 51.0 Å². The van der Waals surface area contributed by atoms with Crippen LogP contribution in [-0.4, -0.2) is 24.8 Å². The average Bonchev–Trinajstić information content (AvgIpc) is 2.54. The molecule has 0 aromatic heterocycles. The molecule has 0 atom stereocenters. The van der Waals surface area contributed by atoms with Crippen molar-refractivity contribution in [2.45, 2.75) is 39.5 Å². The predicted molar refractivity (Wildman–Crippen MR) is 83.8 cm³/mol. The van der Waals surface area contributed by atoms with Crippen LogP contribution in [0.25, 0.3) is 0 Å². The maximum absolute atomic E-state index is 12.6. The molecule has 0 bridgehead atoms. The summed E-state index contributed by atoms with van der Waals surface area (Å²) < 4.78 is 11.2. The molecule has 1 aromatic carbocycles. The van der Waals surface area contributed by atoms with Crippen LogP contribution in [0.4, 0.5) is 0 Å². The first-order chi connectivity index (χ1) is 10.7. The van der Waals surface area contributed by atoms with Crippen LogP contribution in [0.15, 0.2) is 35.8 Å². The quantitative estimate of drug-likeness (QED) is 0.683. The van der Waals surface area contributed by atoms with E-state index in [1.165, 1.54) is 0 Å². The van der Waals surface area contributed by atoms with E-state index in [2.05, 4.69) is 0 Å². The molecular formula is C18H22O4. The number of unbranched alkanes of at least 4 members (excludes halogenated alkanes) is 2. The van der Waals surface area contributed by atoms with Gasteiger partial charge in [0.2, 0.25) is 23.1 Å². The van der Waals surface area contributed by atoms with Crippen LogP contribution < -0.4 is 0 Å². The Morgan fingerprint density at radius 2 is 1.18 bits per heavy atom. The van der Waals surface area contributed by atoms with E-state index < -0.39 is 0 Å². The van der Waals surface area contributed by atoms with Gasteiger partial charge in [-0.3, -0.25) is 9.59 Å². The second-order valence-corrected chi connectivity index (χ2v) is 5.27. The highest BCUT2D eigenvalue weighted by Gasteiger charge is 2.34. The lowest BCUT2D eigenvalue weighted by Gasteiger charge is -2.21. The van der Waals surface area contributed by atoms with E-state index in [1.807, 2.05) is 13.8 Å². The molecule has 0 spiro atoms. The Hall–Kier alpha value is -2.10. The minimum Gasteiger partial charge on any atom is -0.486 e. The van der Waals surface area contributed by atoms with Gasteiger partial charge in [-0.2, -0.15) is 0 Å². The average molecular weight is 302 g/mol. The zero-order valence-corrected chi connectivity index (χ0v) is 13.2. The summed E-state index contributed by atoms with van der Waals surface area (Å²) in [6.07, 6.45) is 3.57. The standard InChI is InChI=1S/C18H22O4/c1-3-5-11-21-17-15(19)13-9-7-8-10-14(13)16(20)18(17)22-12-6-4-2/h7-10H,3-6,11-12H2,1-2H3. The molecule has 4 heteroatoms. The molecule has 1 aromatic rings. The molecule has 0 amide bonds. The number of ketones is 2. The number of carbonyl (C=O) groups is 2. The molecule has 0 saturated carbocycles. The van der Waals surface area contributed by atoms with Crippen LogP contribution in [0.3, 0.4) is 0 Å². The number of hydrogen-bond acceptors (Lipinski definition) is 4. The van der Waals surface area contributed by atoms with Gasteiger partial charge < -0.3 is 9.47 Å². The van der Waals surface area contributed by atoms with Crippen LogP contribution in [0.5, 0.6) is 0 Å². The Bertz CT molecular complexity index is 536. The molecule has 0 N–H and O–H groups in total. The molecule has 22 heavy (non-hydrogen) atoms. The summed E-state index contributed by atoms with van der Waals surface area (Å²) in [5, 5.41) is 0. The van der Waals surface area contributed by atoms with Gasteiger partial charge >= 0.3 is 0 Å². The van der Waals surface area contributed by atoms with E-state index >= 15 is 0 Å². The molecule has 2 rings (SSSR count). The van der Waals surface area contributed by atoms with Gasteiger partial charge in [0.15, 0.2) is 0 Å². The van der Waals surface area contributed by atoms with Gasteiger partial charge in [-0.15, -0.1) is 0 Å². The molecule has 0 fully saturated rings. The normalized spacial score (nSPS) is 14.1. The molecule has 1 aliphatic carbocycles. The SMILES string of the molecule is CCCCOC1=C(OCCCC)C(=O)c2ccccc2C1=O. The van der Waals surface area contributed by atoms with Crippen molar-refractivity contribution in [1.29, 1.82) is 0 Å². The van der Waals surface area contributed by atoms with Crippen LogP contribution in [0.1, 0.15) is 60.2 Å². The molecule has 0 heterocycles. The monoisotopic (exact) mass is 302 g/mol. The van der Waals surface area contributed by atoms with Crippen molar-refractivity contribution in [2.75, 3.05) is 13.2 Å². The summed E-state index contributed by atoms with van der Waals surface area (Å²) in [7, 11) is 0. The highest BCUT2D eigenvalue weighted by atomic mass is 16.5. The lowest BCUT2D eigenvalue weighted by atomic mass is 9.92. The first-order valence-electron chi connectivity index (χ1n) is 7.89. The highest BCUT2D eigenvalue weighted by Crippen LogP contribution is 2.28. The minimum atomic E-state index is -0.266. The van der Waals surface area contributed by atoms with Crippen molar-refractivity contribution in [3.63, 3.8) is 0 Å². The van der Waals surface area contributed by atoms with Crippen molar-refractivity contribution >= 4 is 11.6 Å². The third-order valence-electron chi connectivity index (χ3n) is 3.52. The highest BCUT2D eigenvalue weighted by molar-refractivity contribution is 6.25. The minimum absolute atomic E-state index is 0.0632. The molecular weight excluding hydrogens is 280 g/mol. The van der Waals surface area contributed by atoms with Crippen LogP contribution >= 0.6 is 0 Å². The maximum atomic E-state index is 12.6. The molecule has 0 saturated heterocycles. The van der Waals surface area contributed by atoms with Crippen molar-refractivity contribution < 1.29 is 19.1 Å². The Balaban J connectivity index is 2.32. The fraction of sp³-hybridized carbons (Fsp3) is 0.444. The second kappa shape index (κ2) is 7.78. The Labute approximate surface area is 131 Å². The predicted octanol–water partition coefficient (Wildman–Crippen LogP) is 3.91. The van der Waals surface area contributed by atoms with E-state index in [9.17, 15) is 9.59 Å². The number of hydrogen-bond donors (Lipinski definition) is 0. The number of allylic oxidation sites excluding steroid dienone is 2. The van der Waals surface area contributed by atoms with Gasteiger partial charge in [0, 0.05) is 11.1 Å². The van der Waals surface area contributed by atoms with Crippen molar-refractivity contribution in [3.05, 3.63) is 46.9 Å². The zero-order valence-electron chi connectivity index (χ0n) is 13.2. The van der Waals surface area contributed by atoms with Gasteiger partial charge in [0.1, 0.15) is 0 Å². The molecule has 0 radical (unpaired) electrons. The van der Waals surface area contributed by atoms with E-state index in [0.717, 1.165) is 25.7 Å². The van der Waals surface area contributed by atoms with E-state index in [1.54, 1.807) is 24.3 Å². The smallest absolute Gasteiger partial charge is 0.232 e. The summed E-state index contributed by atoms with van der Waals surface area (Å²) in [4.78, 5) is 25.2. The zero-order chi connectivity index (χ0) is 15.9. The third kappa shape index (κ3) is 3.38. The lowest BCUT2D eigenvalue weighted by molar-refractivity contribution is 0.0746. The number of rotatable bonds is 8. The molecule has 1 aliphatic rings. The van der Waals surface area contributed by atoms with E-state index in [0.29, 0.717) is 24.3 Å². The number of ether oxygens (including phenoxy) is 2. The number of Topliss-reactive ketones (excluding diaryl/α,β-unsaturated/α-hetero) is 2. The summed E-state index contributed by atoms with van der Waals surface area (Å²) in [6.45, 7) is 4.90. The first-order valence-corrected chi connectivity index (χ1v) is 7.89. The lowest BCUT2D eigenvalue weighted by Crippen LogP contribution is -2.25. The fourth-order valence-corrected chi connectivity index (χ4v) is 2.23. The summed E-state index contributed by atoms with van der Waals surface area (Å²) in [6, 6.07) is 6.80. The van der Waals surface area contributed by atoms with Crippen molar-refractivity contribution in [1.82, 2.24) is 0 Å². The number of benzene rings is 1. The van der Waals surface area contributed by atoms with Crippen LogP contribution in [0.2, 0.25) is 0 Å². The first kappa shape index (κ1) is 16.3. The molecule has 4 nitrogen and oxygen atoms in total. The Morgan fingerprint density at radius 3 is 1.55 bits per heavy atom. The molecule has 118 valence electrons. The fourth-order valence-electron chi connectivity index (χ4n) is 2.23. The summed E-state index contributed by atoms with van der Waals surface area (Å²) in [5.41, 5.74) is 0.781. The second-order valence-electron chi connectivity index (χ2n) is 5.27. The van der Waals surface area contributed by atoms with E-state index in [4.69, 9.17) is 9.47 Å². The van der Waals surface area contributed by atoms with Crippen molar-refractivity contribution in [2.24, 2.45) is 0 Å². The number of carbonyl (C=O) groups excluding carboxylic acids is 2. The largest absolute Gasteiger partial charge is 0.486 e. The molecule has 0 unspecified atom stereocenters. The van der Waals surface area contributed by atoms with Gasteiger partial charge in [0.25, 0.3) is 0 Å². The summed E-state index contributed by atoms with van der Waals surface area (Å²) >= 11 is 0. The topological polar surface area (TPSA) is 52.6 Å². The van der Waals surface area contributed by atoms with Crippen LogP contribution in [-0.2, 0) is 9.47 Å². The molecule has 0 aliphatic heterocycles. The van der Waals surface area contributed by atoms with Crippen molar-refractivity contribution in [3.8, 4) is 0 Å². The third-order valence-corrected chi connectivity index (χ3v) is 3.52. The Kier molecular flexibility index (Phi) is 5.75. The van der Waals surface area contributed by atoms with E-state index in [-0.39, 0.29) is 23.1 Å². The maximum Gasteiger partial charge on any atom is 0.232 e. The van der Waals surface area contributed by atoms with Gasteiger partial charge in [-0.05, 0) is 12.8 Å². The van der Waals surface area contributed by atoms with Gasteiger partial charge in [0.05, 0.1) is 13.2 Å². The van der Waals surface area contributed by atoms with Crippen LogP contribution in [0, 0.1) is 0 Å². The van der Waals surface area contributed by atoms with Gasteiger partial charge in [-0.25, -0.2) is 0 Å². The summed E-state index contributed by atoms with van der Waals surface area (Å²) in [5.74, 6) is -0.405.